The molecular weight excluding hydrogens is 437 g/mol. The maximum atomic E-state index is 13.5. The number of nitrogens with one attached hydrogen (secondary N) is 2. The number of hydrogen-bond donors (Lipinski definition) is 2. The zero-order valence-corrected chi connectivity index (χ0v) is 18.9. The SMILES string of the molecule is Cc1[nH]c(=O)c(CN2CCc3c(Cl)cc(C(C)C4COC4)c(Cl)c3C2=O)c2cc[nH]c12. The van der Waals surface area contributed by atoms with Gasteiger partial charge in [-0.25, -0.2) is 0 Å². The Labute approximate surface area is 189 Å². The second-order valence-corrected chi connectivity index (χ2v) is 9.29. The quantitative estimate of drug-likeness (QED) is 0.605. The van der Waals surface area contributed by atoms with E-state index >= 15 is 0 Å². The normalized spacial score (nSPS) is 17.7. The molecule has 3 aromatic rings. The summed E-state index contributed by atoms with van der Waals surface area (Å²) in [6.07, 6.45) is 2.40. The van der Waals surface area contributed by atoms with Crippen molar-refractivity contribution in [1.82, 2.24) is 14.9 Å². The number of pyridine rings is 1. The molecule has 1 fully saturated rings. The van der Waals surface area contributed by atoms with Crippen molar-refractivity contribution in [2.24, 2.45) is 5.92 Å². The van der Waals surface area contributed by atoms with E-state index in [2.05, 4.69) is 16.9 Å². The van der Waals surface area contributed by atoms with Gasteiger partial charge in [-0.2, -0.15) is 0 Å². The number of nitrogens with zero attached hydrogens (tertiary/aromatic N) is 1. The molecule has 1 amide bonds. The monoisotopic (exact) mass is 459 g/mol. The molecule has 1 aromatic carbocycles. The van der Waals surface area contributed by atoms with Crippen LogP contribution in [0.15, 0.2) is 23.1 Å². The smallest absolute Gasteiger partial charge is 0.256 e. The van der Waals surface area contributed by atoms with Gasteiger partial charge in [0, 0.05) is 40.3 Å². The third kappa shape index (κ3) is 3.28. The zero-order valence-electron chi connectivity index (χ0n) is 17.4. The molecule has 0 saturated carbocycles. The first-order valence-electron chi connectivity index (χ1n) is 10.4. The second-order valence-electron chi connectivity index (χ2n) is 8.50. The number of carbonyl (C=O) groups excluding carboxylic acids is 1. The lowest BCUT2D eigenvalue weighted by atomic mass is 9.84. The van der Waals surface area contributed by atoms with Gasteiger partial charge in [-0.3, -0.25) is 9.59 Å². The molecular formula is C23H23Cl2N3O3. The summed E-state index contributed by atoms with van der Waals surface area (Å²) in [5.74, 6) is 0.330. The van der Waals surface area contributed by atoms with E-state index in [0.29, 0.717) is 53.3 Å². The molecule has 2 aliphatic rings. The molecule has 162 valence electrons. The Hall–Kier alpha value is -2.28. The second kappa shape index (κ2) is 7.69. The van der Waals surface area contributed by atoms with Crippen LogP contribution >= 0.6 is 23.2 Å². The molecule has 0 bridgehead atoms. The van der Waals surface area contributed by atoms with Crippen LogP contribution in [0, 0.1) is 12.8 Å². The van der Waals surface area contributed by atoms with Crippen LogP contribution in [0.2, 0.25) is 10.0 Å². The van der Waals surface area contributed by atoms with Crippen molar-refractivity contribution in [1.29, 1.82) is 0 Å². The van der Waals surface area contributed by atoms with Crippen LogP contribution in [0.4, 0.5) is 0 Å². The third-order valence-electron chi connectivity index (χ3n) is 6.71. The molecule has 1 unspecified atom stereocenters. The maximum absolute atomic E-state index is 13.5. The Morgan fingerprint density at radius 2 is 2.06 bits per heavy atom. The van der Waals surface area contributed by atoms with E-state index < -0.39 is 0 Å². The summed E-state index contributed by atoms with van der Waals surface area (Å²) < 4.78 is 5.33. The molecule has 5 rings (SSSR count). The number of hydrogen-bond acceptors (Lipinski definition) is 3. The Kier molecular flexibility index (Phi) is 5.12. The minimum Gasteiger partial charge on any atom is -0.381 e. The minimum absolute atomic E-state index is 0.145. The van der Waals surface area contributed by atoms with E-state index in [1.807, 2.05) is 19.1 Å². The van der Waals surface area contributed by atoms with Crippen LogP contribution in [-0.4, -0.2) is 40.5 Å². The van der Waals surface area contributed by atoms with Crippen LogP contribution in [0.1, 0.15) is 45.6 Å². The van der Waals surface area contributed by atoms with Crippen molar-refractivity contribution in [3.8, 4) is 0 Å². The van der Waals surface area contributed by atoms with Crippen LogP contribution in [0.5, 0.6) is 0 Å². The number of aryl methyl sites for hydroxylation is 1. The average molecular weight is 460 g/mol. The van der Waals surface area contributed by atoms with E-state index in [0.717, 1.165) is 27.7 Å². The molecule has 0 radical (unpaired) electrons. The maximum Gasteiger partial charge on any atom is 0.256 e. The van der Waals surface area contributed by atoms with Gasteiger partial charge in [0.05, 0.1) is 35.9 Å². The number of halogens is 2. The van der Waals surface area contributed by atoms with E-state index in [-0.39, 0.29) is 23.9 Å². The summed E-state index contributed by atoms with van der Waals surface area (Å²) in [5, 5.41) is 1.88. The minimum atomic E-state index is -0.185. The number of benzene rings is 1. The molecule has 31 heavy (non-hydrogen) atoms. The summed E-state index contributed by atoms with van der Waals surface area (Å²) in [4.78, 5) is 33.9. The van der Waals surface area contributed by atoms with Gasteiger partial charge in [-0.1, -0.05) is 30.1 Å². The van der Waals surface area contributed by atoms with Crippen LogP contribution in [0.25, 0.3) is 10.9 Å². The highest BCUT2D eigenvalue weighted by molar-refractivity contribution is 6.37. The summed E-state index contributed by atoms with van der Waals surface area (Å²) in [6.45, 7) is 6.02. The van der Waals surface area contributed by atoms with Crippen LogP contribution in [0.3, 0.4) is 0 Å². The van der Waals surface area contributed by atoms with Crippen molar-refractivity contribution < 1.29 is 9.53 Å². The first-order valence-corrected chi connectivity index (χ1v) is 11.2. The highest BCUT2D eigenvalue weighted by Gasteiger charge is 2.34. The topological polar surface area (TPSA) is 78.2 Å². The fourth-order valence-corrected chi connectivity index (χ4v) is 5.37. The van der Waals surface area contributed by atoms with Crippen molar-refractivity contribution in [2.75, 3.05) is 19.8 Å². The number of H-pyrrole nitrogens is 2. The van der Waals surface area contributed by atoms with Crippen molar-refractivity contribution in [2.45, 2.75) is 32.7 Å². The van der Waals surface area contributed by atoms with Crippen LogP contribution in [-0.2, 0) is 17.7 Å². The number of carbonyl (C=O) groups is 1. The molecule has 0 spiro atoms. The van der Waals surface area contributed by atoms with Gasteiger partial charge in [0.25, 0.3) is 11.5 Å². The van der Waals surface area contributed by atoms with Gasteiger partial charge in [0.2, 0.25) is 0 Å². The predicted octanol–water partition coefficient (Wildman–Crippen LogP) is 4.42. The van der Waals surface area contributed by atoms with Crippen molar-refractivity contribution in [3.05, 3.63) is 66.7 Å². The Bertz CT molecular complexity index is 1260. The van der Waals surface area contributed by atoms with Crippen molar-refractivity contribution >= 4 is 40.0 Å². The lowest BCUT2D eigenvalue weighted by Crippen LogP contribution is -2.39. The van der Waals surface area contributed by atoms with Gasteiger partial charge in [0.15, 0.2) is 0 Å². The van der Waals surface area contributed by atoms with Gasteiger partial charge < -0.3 is 19.6 Å². The summed E-state index contributed by atoms with van der Waals surface area (Å²) >= 11 is 13.4. The Morgan fingerprint density at radius 1 is 1.29 bits per heavy atom. The number of ether oxygens (including phenoxy) is 1. The lowest BCUT2D eigenvalue weighted by Gasteiger charge is -2.34. The number of aromatic amines is 2. The Morgan fingerprint density at radius 3 is 2.77 bits per heavy atom. The highest BCUT2D eigenvalue weighted by Crippen LogP contribution is 2.41. The van der Waals surface area contributed by atoms with Crippen molar-refractivity contribution in [3.63, 3.8) is 0 Å². The largest absolute Gasteiger partial charge is 0.381 e. The first-order chi connectivity index (χ1) is 14.9. The molecule has 2 N–H and O–H groups in total. The molecule has 2 aromatic heterocycles. The molecule has 6 nitrogen and oxygen atoms in total. The number of amides is 1. The van der Waals surface area contributed by atoms with E-state index in [1.54, 1.807) is 11.1 Å². The van der Waals surface area contributed by atoms with E-state index in [4.69, 9.17) is 27.9 Å². The number of aromatic nitrogens is 2. The van der Waals surface area contributed by atoms with Gasteiger partial charge in [0.1, 0.15) is 0 Å². The Balaban J connectivity index is 1.53. The van der Waals surface area contributed by atoms with E-state index in [9.17, 15) is 9.59 Å². The highest BCUT2D eigenvalue weighted by atomic mass is 35.5. The van der Waals surface area contributed by atoms with Gasteiger partial charge in [-0.05, 0) is 42.5 Å². The fraction of sp³-hybridized carbons (Fsp3) is 0.391. The number of rotatable bonds is 4. The molecule has 0 aliphatic carbocycles. The lowest BCUT2D eigenvalue weighted by molar-refractivity contribution is -0.0423. The summed E-state index contributed by atoms with van der Waals surface area (Å²) in [6, 6.07) is 3.78. The molecule has 1 saturated heterocycles. The fourth-order valence-electron chi connectivity index (χ4n) is 4.65. The summed E-state index contributed by atoms with van der Waals surface area (Å²) in [5.41, 5.74) is 4.18. The molecule has 4 heterocycles. The first kappa shape index (κ1) is 20.6. The standard InChI is InChI=1S/C23H23Cl2N3O3/c1-11(13-9-31-10-13)16-7-18(24)15-4-6-28(23(30)19(15)20(16)25)8-17-14-3-5-26-21(14)12(2)27-22(17)29/h3,5,7,11,13,26H,4,6,8-10H2,1-2H3,(H,27,29). The van der Waals surface area contributed by atoms with Crippen LogP contribution < -0.4 is 5.56 Å². The zero-order chi connectivity index (χ0) is 21.9. The average Bonchev–Trinajstić information content (AvgIpc) is 3.17. The predicted molar refractivity (Wildman–Crippen MR) is 121 cm³/mol. The molecule has 8 heteroatoms. The van der Waals surface area contributed by atoms with E-state index in [1.165, 1.54) is 0 Å². The molecule has 1 atom stereocenters. The third-order valence-corrected chi connectivity index (χ3v) is 7.46. The summed E-state index contributed by atoms with van der Waals surface area (Å²) in [7, 11) is 0. The number of fused-ring (bicyclic) bond motifs is 2. The van der Waals surface area contributed by atoms with Gasteiger partial charge >= 0.3 is 0 Å². The van der Waals surface area contributed by atoms with Gasteiger partial charge in [-0.15, -0.1) is 0 Å². The molecule has 2 aliphatic heterocycles.